The summed E-state index contributed by atoms with van der Waals surface area (Å²) in [6, 6.07) is 8.05. The van der Waals surface area contributed by atoms with Crippen LogP contribution in [-0.2, 0) is 4.74 Å². The van der Waals surface area contributed by atoms with Crippen LogP contribution in [0.15, 0.2) is 30.6 Å². The molecule has 120 valence electrons. The van der Waals surface area contributed by atoms with E-state index in [9.17, 15) is 4.79 Å². The van der Waals surface area contributed by atoms with Gasteiger partial charge < -0.3 is 9.64 Å². The van der Waals surface area contributed by atoms with Crippen LogP contribution in [0.5, 0.6) is 0 Å². The molecule has 0 radical (unpaired) electrons. The number of hydrogen-bond acceptors (Lipinski definition) is 5. The third-order valence-corrected chi connectivity index (χ3v) is 4.99. The predicted octanol–water partition coefficient (Wildman–Crippen LogP) is 1.44. The molecule has 2 aromatic rings. The molecule has 2 saturated heterocycles. The van der Waals surface area contributed by atoms with Gasteiger partial charge in [-0.3, -0.25) is 4.79 Å². The number of tetrazole rings is 1. The SMILES string of the molecule is COC1C[C@H]2CC[C@@H](C1)N2C(=O)c1ccc(-n2cnnn2)cc1. The molecule has 1 amide bonds. The largest absolute Gasteiger partial charge is 0.381 e. The molecular formula is C16H19N5O2. The second-order valence-corrected chi connectivity index (χ2v) is 6.23. The zero-order valence-corrected chi connectivity index (χ0v) is 13.0. The Morgan fingerprint density at radius 1 is 1.17 bits per heavy atom. The van der Waals surface area contributed by atoms with Crippen molar-refractivity contribution in [1.29, 1.82) is 0 Å². The first-order chi connectivity index (χ1) is 11.3. The van der Waals surface area contributed by atoms with Crippen LogP contribution in [0.3, 0.4) is 0 Å². The normalized spacial score (nSPS) is 26.5. The number of amides is 1. The number of hydrogen-bond donors (Lipinski definition) is 0. The van der Waals surface area contributed by atoms with Crippen LogP contribution < -0.4 is 0 Å². The standard InChI is InChI=1S/C16H19N5O2/c1-23-15-8-13-6-7-14(9-15)21(13)16(22)11-2-4-12(5-3-11)20-10-17-18-19-20/h2-5,10,13-15H,6-9H2,1H3/t13-,14+,15?. The Morgan fingerprint density at radius 2 is 1.87 bits per heavy atom. The summed E-state index contributed by atoms with van der Waals surface area (Å²) in [6.07, 6.45) is 5.88. The zero-order valence-electron chi connectivity index (χ0n) is 13.0. The fourth-order valence-electron chi connectivity index (χ4n) is 3.84. The van der Waals surface area contributed by atoms with E-state index in [0.29, 0.717) is 18.2 Å². The lowest BCUT2D eigenvalue weighted by atomic mass is 9.98. The van der Waals surface area contributed by atoms with Crippen LogP contribution in [0.4, 0.5) is 0 Å². The van der Waals surface area contributed by atoms with Gasteiger partial charge in [-0.1, -0.05) is 0 Å². The summed E-state index contributed by atoms with van der Waals surface area (Å²) in [7, 11) is 1.76. The molecule has 2 aliphatic heterocycles. The van der Waals surface area contributed by atoms with Crippen molar-refractivity contribution in [1.82, 2.24) is 25.1 Å². The van der Waals surface area contributed by atoms with Gasteiger partial charge >= 0.3 is 0 Å². The molecule has 1 aromatic heterocycles. The fourth-order valence-corrected chi connectivity index (χ4v) is 3.84. The second kappa shape index (κ2) is 5.73. The van der Waals surface area contributed by atoms with Gasteiger partial charge in [-0.15, -0.1) is 5.10 Å². The summed E-state index contributed by atoms with van der Waals surface area (Å²) >= 11 is 0. The highest BCUT2D eigenvalue weighted by Crippen LogP contribution is 2.37. The predicted molar refractivity (Wildman–Crippen MR) is 82.2 cm³/mol. The molecule has 1 unspecified atom stereocenters. The molecule has 3 heterocycles. The number of nitrogens with zero attached hydrogens (tertiary/aromatic N) is 5. The van der Waals surface area contributed by atoms with Crippen molar-refractivity contribution < 1.29 is 9.53 Å². The Hall–Kier alpha value is -2.28. The Balaban J connectivity index is 1.53. The highest BCUT2D eigenvalue weighted by atomic mass is 16.5. The minimum atomic E-state index is 0.121. The fraction of sp³-hybridized carbons (Fsp3) is 0.500. The maximum atomic E-state index is 12.9. The van der Waals surface area contributed by atoms with E-state index in [0.717, 1.165) is 36.9 Å². The topological polar surface area (TPSA) is 73.1 Å². The van der Waals surface area contributed by atoms with Crippen LogP contribution in [0.1, 0.15) is 36.0 Å². The van der Waals surface area contributed by atoms with Gasteiger partial charge in [-0.05, 0) is 60.4 Å². The van der Waals surface area contributed by atoms with Crippen molar-refractivity contribution in [3.8, 4) is 5.69 Å². The van der Waals surface area contributed by atoms with Crippen molar-refractivity contribution in [3.05, 3.63) is 36.2 Å². The highest BCUT2D eigenvalue weighted by molar-refractivity contribution is 5.95. The average Bonchev–Trinajstić information content (AvgIpc) is 3.21. The van der Waals surface area contributed by atoms with Crippen molar-refractivity contribution in [2.24, 2.45) is 0 Å². The van der Waals surface area contributed by atoms with Crippen LogP contribution in [-0.4, -0.2) is 56.3 Å². The van der Waals surface area contributed by atoms with E-state index in [1.807, 2.05) is 24.3 Å². The number of carbonyl (C=O) groups is 1. The van der Waals surface area contributed by atoms with Gasteiger partial charge in [-0.25, -0.2) is 4.68 Å². The molecule has 3 atom stereocenters. The molecule has 4 rings (SSSR count). The Morgan fingerprint density at radius 3 is 2.43 bits per heavy atom. The van der Waals surface area contributed by atoms with Crippen molar-refractivity contribution in [2.45, 2.75) is 43.9 Å². The molecule has 1 aromatic carbocycles. The van der Waals surface area contributed by atoms with E-state index in [-0.39, 0.29) is 5.91 Å². The van der Waals surface area contributed by atoms with E-state index < -0.39 is 0 Å². The van der Waals surface area contributed by atoms with Gasteiger partial charge in [0.15, 0.2) is 0 Å². The monoisotopic (exact) mass is 313 g/mol. The lowest BCUT2D eigenvalue weighted by molar-refractivity contribution is 0.00822. The number of rotatable bonds is 3. The second-order valence-electron chi connectivity index (χ2n) is 6.23. The number of ether oxygens (including phenoxy) is 1. The van der Waals surface area contributed by atoms with E-state index in [4.69, 9.17) is 4.74 Å². The Kier molecular flexibility index (Phi) is 3.57. The molecule has 0 saturated carbocycles. The minimum absolute atomic E-state index is 0.121. The number of fused-ring (bicyclic) bond motifs is 2. The van der Waals surface area contributed by atoms with Gasteiger partial charge in [0.05, 0.1) is 11.8 Å². The first-order valence-electron chi connectivity index (χ1n) is 7.95. The van der Waals surface area contributed by atoms with Gasteiger partial charge in [0.2, 0.25) is 0 Å². The molecule has 0 N–H and O–H groups in total. The lowest BCUT2D eigenvalue weighted by Gasteiger charge is -2.38. The first-order valence-corrected chi connectivity index (χ1v) is 7.95. The van der Waals surface area contributed by atoms with Crippen LogP contribution in [0.25, 0.3) is 5.69 Å². The van der Waals surface area contributed by atoms with Gasteiger partial charge in [0, 0.05) is 24.8 Å². The van der Waals surface area contributed by atoms with E-state index in [2.05, 4.69) is 20.4 Å². The number of benzene rings is 1. The third kappa shape index (κ3) is 2.50. The van der Waals surface area contributed by atoms with Crippen molar-refractivity contribution in [2.75, 3.05) is 7.11 Å². The third-order valence-electron chi connectivity index (χ3n) is 4.99. The van der Waals surface area contributed by atoms with Gasteiger partial charge in [-0.2, -0.15) is 0 Å². The summed E-state index contributed by atoms with van der Waals surface area (Å²) in [5, 5.41) is 11.1. The molecule has 0 aliphatic carbocycles. The van der Waals surface area contributed by atoms with Crippen molar-refractivity contribution in [3.63, 3.8) is 0 Å². The van der Waals surface area contributed by atoms with Crippen LogP contribution in [0, 0.1) is 0 Å². The molecular weight excluding hydrogens is 294 g/mol. The number of aromatic nitrogens is 4. The van der Waals surface area contributed by atoms with E-state index in [1.54, 1.807) is 11.8 Å². The molecule has 23 heavy (non-hydrogen) atoms. The quantitative estimate of drug-likeness (QED) is 0.857. The summed E-state index contributed by atoms with van der Waals surface area (Å²) in [6.45, 7) is 0. The molecule has 0 spiro atoms. The number of piperidine rings is 1. The van der Waals surface area contributed by atoms with Crippen molar-refractivity contribution >= 4 is 5.91 Å². The van der Waals surface area contributed by atoms with Gasteiger partial charge in [0.25, 0.3) is 5.91 Å². The summed E-state index contributed by atoms with van der Waals surface area (Å²) in [4.78, 5) is 15.0. The molecule has 2 bridgehead atoms. The highest BCUT2D eigenvalue weighted by Gasteiger charge is 2.43. The van der Waals surface area contributed by atoms with E-state index >= 15 is 0 Å². The number of methoxy groups -OCH3 is 1. The zero-order chi connectivity index (χ0) is 15.8. The molecule has 7 nitrogen and oxygen atoms in total. The maximum Gasteiger partial charge on any atom is 0.254 e. The molecule has 2 aliphatic rings. The minimum Gasteiger partial charge on any atom is -0.381 e. The molecule has 7 heteroatoms. The smallest absolute Gasteiger partial charge is 0.254 e. The van der Waals surface area contributed by atoms with Crippen LogP contribution >= 0.6 is 0 Å². The summed E-state index contributed by atoms with van der Waals surface area (Å²) in [5.41, 5.74) is 1.56. The van der Waals surface area contributed by atoms with E-state index in [1.165, 1.54) is 6.33 Å². The summed E-state index contributed by atoms with van der Waals surface area (Å²) < 4.78 is 7.07. The Bertz CT molecular complexity index is 671. The average molecular weight is 313 g/mol. The Labute approximate surface area is 134 Å². The lowest BCUT2D eigenvalue weighted by Crippen LogP contribution is -2.48. The summed E-state index contributed by atoms with van der Waals surface area (Å²) in [5.74, 6) is 0.121. The van der Waals surface area contributed by atoms with Gasteiger partial charge in [0.1, 0.15) is 6.33 Å². The van der Waals surface area contributed by atoms with Crippen LogP contribution in [0.2, 0.25) is 0 Å². The maximum absolute atomic E-state index is 12.9. The first kappa shape index (κ1) is 14.3. The number of carbonyl (C=O) groups excluding carboxylic acids is 1. The molecule has 2 fully saturated rings.